The molecule has 7 heteroatoms. The Labute approximate surface area is 171 Å². The quantitative estimate of drug-likeness (QED) is 0.772. The van der Waals surface area contributed by atoms with E-state index in [0.29, 0.717) is 11.5 Å². The molecule has 1 aliphatic carbocycles. The summed E-state index contributed by atoms with van der Waals surface area (Å²) in [5, 5.41) is 6.37. The predicted molar refractivity (Wildman–Crippen MR) is 113 cm³/mol. The largest absolute Gasteiger partial charge is 0.362 e. The lowest BCUT2D eigenvalue weighted by molar-refractivity contribution is -0.126. The maximum absolute atomic E-state index is 13.9. The van der Waals surface area contributed by atoms with Crippen LogP contribution in [0.4, 0.5) is 16.2 Å². The minimum absolute atomic E-state index is 0.000632. The van der Waals surface area contributed by atoms with Gasteiger partial charge in [0.05, 0.1) is 6.04 Å². The maximum Gasteiger partial charge on any atom is 0.224 e. The fraction of sp³-hybridized carbons (Fsp3) is 0.500. The van der Waals surface area contributed by atoms with Crippen LogP contribution in [0.25, 0.3) is 0 Å². The molecule has 2 aromatic rings. The van der Waals surface area contributed by atoms with Gasteiger partial charge in [-0.25, -0.2) is 9.37 Å². The number of nitrogens with zero attached hydrogens (tertiary/aromatic N) is 3. The average molecular weight is 400 g/mol. The zero-order valence-electron chi connectivity index (χ0n) is 17.6. The van der Waals surface area contributed by atoms with Crippen molar-refractivity contribution in [3.05, 3.63) is 47.4 Å². The number of hydrogen-bond acceptors (Lipinski definition) is 5. The number of halogens is 1. The summed E-state index contributed by atoms with van der Waals surface area (Å²) in [6.07, 6.45) is 5.16. The van der Waals surface area contributed by atoms with Crippen molar-refractivity contribution in [1.82, 2.24) is 15.3 Å². The highest BCUT2D eigenvalue weighted by Crippen LogP contribution is 2.28. The Morgan fingerprint density at radius 1 is 1.21 bits per heavy atom. The van der Waals surface area contributed by atoms with Crippen LogP contribution in [0.3, 0.4) is 0 Å². The number of rotatable bonds is 6. The molecule has 1 fully saturated rings. The fourth-order valence-corrected chi connectivity index (χ4v) is 3.87. The Balaban J connectivity index is 1.52. The highest BCUT2D eigenvalue weighted by molar-refractivity contribution is 5.79. The molecular formula is C22H30FN5O. The van der Waals surface area contributed by atoms with Gasteiger partial charge in [-0.3, -0.25) is 4.79 Å². The molecule has 1 saturated carbocycles. The average Bonchev–Trinajstić information content (AvgIpc) is 2.70. The van der Waals surface area contributed by atoms with Crippen molar-refractivity contribution < 1.29 is 9.18 Å². The van der Waals surface area contributed by atoms with Gasteiger partial charge in [-0.15, -0.1) is 0 Å². The summed E-state index contributed by atoms with van der Waals surface area (Å²) in [5.74, 6) is 1.20. The first-order chi connectivity index (χ1) is 13.8. The third kappa shape index (κ3) is 5.22. The molecule has 1 aliphatic rings. The van der Waals surface area contributed by atoms with Crippen LogP contribution in [0.2, 0.25) is 0 Å². The van der Waals surface area contributed by atoms with Gasteiger partial charge < -0.3 is 15.5 Å². The third-order valence-electron chi connectivity index (χ3n) is 5.53. The second-order valence-corrected chi connectivity index (χ2v) is 8.04. The second kappa shape index (κ2) is 9.20. The van der Waals surface area contributed by atoms with Gasteiger partial charge in [0, 0.05) is 43.4 Å². The van der Waals surface area contributed by atoms with Crippen LogP contribution in [-0.2, 0) is 4.79 Å². The molecule has 156 valence electrons. The number of carbonyl (C=O) groups is 1. The van der Waals surface area contributed by atoms with E-state index in [1.807, 2.05) is 39.0 Å². The molecule has 2 N–H and O–H groups in total. The number of anilines is 2. The predicted octanol–water partition coefficient (Wildman–Crippen LogP) is 3.84. The zero-order chi connectivity index (χ0) is 21.0. The van der Waals surface area contributed by atoms with E-state index in [1.54, 1.807) is 18.2 Å². The third-order valence-corrected chi connectivity index (χ3v) is 5.53. The minimum Gasteiger partial charge on any atom is -0.362 e. The van der Waals surface area contributed by atoms with Gasteiger partial charge in [0.2, 0.25) is 11.9 Å². The first-order valence-corrected chi connectivity index (χ1v) is 10.2. The van der Waals surface area contributed by atoms with Crippen molar-refractivity contribution in [3.63, 3.8) is 0 Å². The van der Waals surface area contributed by atoms with Crippen molar-refractivity contribution in [2.45, 2.75) is 51.6 Å². The summed E-state index contributed by atoms with van der Waals surface area (Å²) >= 11 is 0. The van der Waals surface area contributed by atoms with E-state index in [1.165, 1.54) is 6.07 Å². The van der Waals surface area contributed by atoms with E-state index in [-0.39, 0.29) is 29.7 Å². The molecule has 1 aromatic carbocycles. The van der Waals surface area contributed by atoms with Gasteiger partial charge in [0.25, 0.3) is 0 Å². The maximum atomic E-state index is 13.9. The standard InChI is InChI=1S/C22H30FN5O/c1-14-13-24-22(27-20(14)28(3)4)26-17-11-9-16(10-12-17)21(29)25-15(2)18-7-5-6-8-19(18)23/h5-8,13,15-17H,9-12H2,1-4H3,(H,25,29)(H,24,26,27)/t15-,16?,17?/m1/s1. The van der Waals surface area contributed by atoms with E-state index in [4.69, 9.17) is 0 Å². The molecule has 1 atom stereocenters. The van der Waals surface area contributed by atoms with Gasteiger partial charge in [0.1, 0.15) is 11.6 Å². The highest BCUT2D eigenvalue weighted by Gasteiger charge is 2.28. The zero-order valence-corrected chi connectivity index (χ0v) is 17.6. The van der Waals surface area contributed by atoms with E-state index in [0.717, 1.165) is 37.1 Å². The molecule has 0 spiro atoms. The topological polar surface area (TPSA) is 70.1 Å². The molecule has 0 radical (unpaired) electrons. The smallest absolute Gasteiger partial charge is 0.224 e. The van der Waals surface area contributed by atoms with Crippen LogP contribution in [-0.4, -0.2) is 36.0 Å². The number of aromatic nitrogens is 2. The van der Waals surface area contributed by atoms with Crippen LogP contribution in [0.15, 0.2) is 30.5 Å². The van der Waals surface area contributed by atoms with Gasteiger partial charge in [-0.1, -0.05) is 18.2 Å². The molecule has 1 heterocycles. The summed E-state index contributed by atoms with van der Waals surface area (Å²) in [6, 6.07) is 6.48. The Morgan fingerprint density at radius 2 is 1.90 bits per heavy atom. The fourth-order valence-electron chi connectivity index (χ4n) is 3.87. The lowest BCUT2D eigenvalue weighted by atomic mass is 9.85. The summed E-state index contributed by atoms with van der Waals surface area (Å²) in [5.41, 5.74) is 1.55. The number of amides is 1. The lowest BCUT2D eigenvalue weighted by Crippen LogP contribution is -2.37. The normalized spacial score (nSPS) is 20.0. The summed E-state index contributed by atoms with van der Waals surface area (Å²) in [7, 11) is 3.93. The molecule has 0 saturated heterocycles. The molecule has 6 nitrogen and oxygen atoms in total. The first-order valence-electron chi connectivity index (χ1n) is 10.2. The molecular weight excluding hydrogens is 369 g/mol. The Hall–Kier alpha value is -2.70. The monoisotopic (exact) mass is 399 g/mol. The van der Waals surface area contributed by atoms with Gasteiger partial charge in [-0.2, -0.15) is 4.98 Å². The SMILES string of the molecule is Cc1cnc(NC2CCC(C(=O)N[C@H](C)c3ccccc3F)CC2)nc1N(C)C. The molecule has 0 bridgehead atoms. The first kappa shape index (κ1) is 21.0. The minimum atomic E-state index is -0.343. The van der Waals surface area contributed by atoms with Crippen LogP contribution < -0.4 is 15.5 Å². The van der Waals surface area contributed by atoms with Crippen molar-refractivity contribution in [2.75, 3.05) is 24.3 Å². The van der Waals surface area contributed by atoms with Gasteiger partial charge in [0.15, 0.2) is 0 Å². The van der Waals surface area contributed by atoms with Crippen LogP contribution >= 0.6 is 0 Å². The highest BCUT2D eigenvalue weighted by atomic mass is 19.1. The number of benzene rings is 1. The number of aryl methyl sites for hydroxylation is 1. The summed E-state index contributed by atoms with van der Waals surface area (Å²) < 4.78 is 13.9. The molecule has 3 rings (SSSR count). The van der Waals surface area contributed by atoms with Crippen molar-refractivity contribution in [1.29, 1.82) is 0 Å². The number of hydrogen-bond donors (Lipinski definition) is 2. The van der Waals surface area contributed by atoms with Crippen molar-refractivity contribution >= 4 is 17.7 Å². The molecule has 1 aromatic heterocycles. The van der Waals surface area contributed by atoms with Crippen LogP contribution in [0.1, 0.15) is 49.8 Å². The number of carbonyl (C=O) groups excluding carboxylic acids is 1. The Morgan fingerprint density at radius 3 is 2.55 bits per heavy atom. The van der Waals surface area contributed by atoms with Gasteiger partial charge in [-0.05, 0) is 45.6 Å². The molecule has 0 aliphatic heterocycles. The molecule has 0 unspecified atom stereocenters. The number of nitrogens with one attached hydrogen (secondary N) is 2. The van der Waals surface area contributed by atoms with E-state index < -0.39 is 0 Å². The van der Waals surface area contributed by atoms with E-state index in [2.05, 4.69) is 20.6 Å². The lowest BCUT2D eigenvalue weighted by Gasteiger charge is -2.29. The van der Waals surface area contributed by atoms with Crippen molar-refractivity contribution in [2.24, 2.45) is 5.92 Å². The Kier molecular flexibility index (Phi) is 6.67. The van der Waals surface area contributed by atoms with Crippen molar-refractivity contribution in [3.8, 4) is 0 Å². The molecule has 29 heavy (non-hydrogen) atoms. The molecule has 1 amide bonds. The summed E-state index contributed by atoms with van der Waals surface area (Å²) in [4.78, 5) is 23.6. The van der Waals surface area contributed by atoms with Crippen LogP contribution in [0, 0.1) is 18.7 Å². The summed E-state index contributed by atoms with van der Waals surface area (Å²) in [6.45, 7) is 3.81. The van der Waals surface area contributed by atoms with Crippen LogP contribution in [0.5, 0.6) is 0 Å². The van der Waals surface area contributed by atoms with E-state index in [9.17, 15) is 9.18 Å². The second-order valence-electron chi connectivity index (χ2n) is 8.04. The van der Waals surface area contributed by atoms with E-state index >= 15 is 0 Å². The Bertz CT molecular complexity index is 849. The van der Waals surface area contributed by atoms with Gasteiger partial charge >= 0.3 is 0 Å².